The molecule has 1 aromatic carbocycles. The first-order chi connectivity index (χ1) is 8.60. The Kier molecular flexibility index (Phi) is 3.81. The van der Waals surface area contributed by atoms with E-state index >= 15 is 0 Å². The summed E-state index contributed by atoms with van der Waals surface area (Å²) >= 11 is 3.43. The lowest BCUT2D eigenvalue weighted by atomic mass is 10.1. The number of esters is 1. The Bertz CT molecular complexity index is 578. The minimum atomic E-state index is -0.301. The monoisotopic (exact) mass is 308 g/mol. The van der Waals surface area contributed by atoms with Gasteiger partial charge in [0.15, 0.2) is 0 Å². The third-order valence-electron chi connectivity index (χ3n) is 2.57. The summed E-state index contributed by atoms with van der Waals surface area (Å²) in [5.74, 6) is 0.318. The van der Waals surface area contributed by atoms with Crippen LogP contribution in [-0.2, 0) is 16.0 Å². The van der Waals surface area contributed by atoms with Crippen molar-refractivity contribution in [2.24, 2.45) is 0 Å². The van der Waals surface area contributed by atoms with Crippen LogP contribution in [0.5, 0.6) is 0 Å². The highest BCUT2D eigenvalue weighted by molar-refractivity contribution is 9.10. The molecule has 94 valence electrons. The maximum atomic E-state index is 11.2. The van der Waals surface area contributed by atoms with E-state index in [9.17, 15) is 4.79 Å². The van der Waals surface area contributed by atoms with Crippen LogP contribution in [0, 0.1) is 6.92 Å². The highest BCUT2D eigenvalue weighted by Crippen LogP contribution is 2.24. The zero-order chi connectivity index (χ0) is 13.1. The smallest absolute Gasteiger partial charge is 0.313 e. The van der Waals surface area contributed by atoms with Crippen LogP contribution < -0.4 is 0 Å². The normalized spacial score (nSPS) is 10.4. The van der Waals surface area contributed by atoms with E-state index in [2.05, 4.69) is 30.6 Å². The van der Waals surface area contributed by atoms with Gasteiger partial charge >= 0.3 is 5.97 Å². The van der Waals surface area contributed by atoms with Gasteiger partial charge in [0.1, 0.15) is 12.2 Å². The molecule has 2 aromatic rings. The second-order valence-electron chi connectivity index (χ2n) is 3.92. The lowest BCUT2D eigenvalue weighted by Crippen LogP contribution is -2.05. The molecule has 1 heterocycles. The van der Waals surface area contributed by atoms with Crippen molar-refractivity contribution >= 4 is 21.9 Å². The maximum absolute atomic E-state index is 11.2. The summed E-state index contributed by atoms with van der Waals surface area (Å²) < 4.78 is 5.62. The van der Waals surface area contributed by atoms with Gasteiger partial charge in [-0.3, -0.25) is 4.79 Å². The van der Waals surface area contributed by atoms with Crippen LogP contribution in [0.4, 0.5) is 0 Å². The Morgan fingerprint density at radius 1 is 1.50 bits per heavy atom. The standard InChI is InChI=1S/C13H13BrN2O2/c1-8-13(9-4-3-5-10(14)6-9)16-11(15-8)7-12(17)18-2/h3-6H,7H2,1-2H3,(H,15,16). The fraction of sp³-hybridized carbons (Fsp3) is 0.231. The summed E-state index contributed by atoms with van der Waals surface area (Å²) in [6.45, 7) is 1.93. The number of ether oxygens (including phenoxy) is 1. The molecule has 0 unspecified atom stereocenters. The summed E-state index contributed by atoms with van der Waals surface area (Å²) in [5, 5.41) is 0. The SMILES string of the molecule is COC(=O)Cc1nc(-c2cccc(Br)c2)c(C)[nH]1. The van der Waals surface area contributed by atoms with Crippen LogP contribution in [0.2, 0.25) is 0 Å². The summed E-state index contributed by atoms with van der Waals surface area (Å²) in [5.41, 5.74) is 2.80. The predicted molar refractivity (Wildman–Crippen MR) is 72.2 cm³/mol. The molecule has 1 N–H and O–H groups in total. The molecular weight excluding hydrogens is 296 g/mol. The highest BCUT2D eigenvalue weighted by Gasteiger charge is 2.12. The molecule has 5 heteroatoms. The maximum Gasteiger partial charge on any atom is 0.313 e. The van der Waals surface area contributed by atoms with Crippen molar-refractivity contribution in [2.45, 2.75) is 13.3 Å². The lowest BCUT2D eigenvalue weighted by Gasteiger charge is -1.98. The van der Waals surface area contributed by atoms with Gasteiger partial charge in [0.25, 0.3) is 0 Å². The van der Waals surface area contributed by atoms with Crippen molar-refractivity contribution in [3.8, 4) is 11.3 Å². The van der Waals surface area contributed by atoms with Crippen molar-refractivity contribution in [1.82, 2.24) is 9.97 Å². The first kappa shape index (κ1) is 12.8. The molecule has 0 aliphatic carbocycles. The Hall–Kier alpha value is -1.62. The van der Waals surface area contributed by atoms with E-state index in [1.165, 1.54) is 7.11 Å². The molecule has 0 spiro atoms. The average molecular weight is 309 g/mol. The molecule has 2 rings (SSSR count). The Labute approximate surface area is 114 Å². The summed E-state index contributed by atoms with van der Waals surface area (Å²) in [4.78, 5) is 18.7. The number of benzene rings is 1. The zero-order valence-corrected chi connectivity index (χ0v) is 11.7. The van der Waals surface area contributed by atoms with Crippen molar-refractivity contribution in [1.29, 1.82) is 0 Å². The molecular formula is C13H13BrN2O2. The molecule has 1 aromatic heterocycles. The van der Waals surface area contributed by atoms with Gasteiger partial charge in [-0.25, -0.2) is 4.98 Å². The number of nitrogens with zero attached hydrogens (tertiary/aromatic N) is 1. The third kappa shape index (κ3) is 2.79. The van der Waals surface area contributed by atoms with E-state index in [-0.39, 0.29) is 12.4 Å². The van der Waals surface area contributed by atoms with Crippen LogP contribution in [0.3, 0.4) is 0 Å². The minimum Gasteiger partial charge on any atom is -0.469 e. The summed E-state index contributed by atoms with van der Waals surface area (Å²) in [6, 6.07) is 7.88. The molecule has 0 saturated heterocycles. The van der Waals surface area contributed by atoms with Crippen LogP contribution in [0.1, 0.15) is 11.5 Å². The van der Waals surface area contributed by atoms with Gasteiger partial charge < -0.3 is 9.72 Å². The lowest BCUT2D eigenvalue weighted by molar-refractivity contribution is -0.139. The van der Waals surface area contributed by atoms with Gasteiger partial charge in [-0.15, -0.1) is 0 Å². The average Bonchev–Trinajstić information content (AvgIpc) is 2.70. The Balaban J connectivity index is 2.32. The fourth-order valence-electron chi connectivity index (χ4n) is 1.73. The van der Waals surface area contributed by atoms with Crippen molar-refractivity contribution < 1.29 is 9.53 Å². The van der Waals surface area contributed by atoms with Crippen LogP contribution >= 0.6 is 15.9 Å². The van der Waals surface area contributed by atoms with E-state index in [1.807, 2.05) is 31.2 Å². The molecule has 4 nitrogen and oxygen atoms in total. The molecule has 18 heavy (non-hydrogen) atoms. The number of hydrogen-bond acceptors (Lipinski definition) is 3. The molecule has 0 amide bonds. The number of aromatic nitrogens is 2. The molecule has 0 aliphatic rings. The molecule has 0 fully saturated rings. The molecule has 0 atom stereocenters. The number of aromatic amines is 1. The van der Waals surface area contributed by atoms with Crippen LogP contribution in [0.25, 0.3) is 11.3 Å². The van der Waals surface area contributed by atoms with E-state index in [0.29, 0.717) is 5.82 Å². The van der Waals surface area contributed by atoms with E-state index in [1.54, 1.807) is 0 Å². The van der Waals surface area contributed by atoms with E-state index in [4.69, 9.17) is 0 Å². The number of hydrogen-bond donors (Lipinski definition) is 1. The van der Waals surface area contributed by atoms with Crippen molar-refractivity contribution in [2.75, 3.05) is 7.11 Å². The quantitative estimate of drug-likeness (QED) is 0.887. The van der Waals surface area contributed by atoms with Crippen LogP contribution in [-0.4, -0.2) is 23.0 Å². The van der Waals surface area contributed by atoms with E-state index < -0.39 is 0 Å². The number of aryl methyl sites for hydroxylation is 1. The number of imidazole rings is 1. The number of carbonyl (C=O) groups excluding carboxylic acids is 1. The van der Waals surface area contributed by atoms with Crippen LogP contribution in [0.15, 0.2) is 28.7 Å². The number of nitrogens with one attached hydrogen (secondary N) is 1. The second kappa shape index (κ2) is 5.35. The number of carbonyl (C=O) groups is 1. The minimum absolute atomic E-state index is 0.158. The number of rotatable bonds is 3. The van der Waals surface area contributed by atoms with Gasteiger partial charge in [-0.1, -0.05) is 28.1 Å². The number of H-pyrrole nitrogens is 1. The third-order valence-corrected chi connectivity index (χ3v) is 3.06. The first-order valence-electron chi connectivity index (χ1n) is 5.48. The first-order valence-corrected chi connectivity index (χ1v) is 6.27. The number of methoxy groups -OCH3 is 1. The molecule has 0 radical (unpaired) electrons. The van der Waals surface area contributed by atoms with Gasteiger partial charge in [0.2, 0.25) is 0 Å². The molecule has 0 saturated carbocycles. The Morgan fingerprint density at radius 2 is 2.28 bits per heavy atom. The largest absolute Gasteiger partial charge is 0.469 e. The van der Waals surface area contributed by atoms with Gasteiger partial charge in [0.05, 0.1) is 12.8 Å². The van der Waals surface area contributed by atoms with Gasteiger partial charge in [0, 0.05) is 15.7 Å². The highest BCUT2D eigenvalue weighted by atomic mass is 79.9. The summed E-state index contributed by atoms with van der Waals surface area (Å²) in [6.07, 6.45) is 0.158. The number of halogens is 1. The van der Waals surface area contributed by atoms with Gasteiger partial charge in [-0.05, 0) is 19.1 Å². The van der Waals surface area contributed by atoms with Gasteiger partial charge in [-0.2, -0.15) is 0 Å². The van der Waals surface area contributed by atoms with Crippen molar-refractivity contribution in [3.63, 3.8) is 0 Å². The molecule has 0 aliphatic heterocycles. The predicted octanol–water partition coefficient (Wildman–Crippen LogP) is 2.86. The second-order valence-corrected chi connectivity index (χ2v) is 4.84. The topological polar surface area (TPSA) is 55.0 Å². The van der Waals surface area contributed by atoms with E-state index in [0.717, 1.165) is 21.4 Å². The molecule has 0 bridgehead atoms. The fourth-order valence-corrected chi connectivity index (χ4v) is 2.13. The Morgan fingerprint density at radius 3 is 2.94 bits per heavy atom. The van der Waals surface area contributed by atoms with Crippen molar-refractivity contribution in [3.05, 3.63) is 40.3 Å². The summed E-state index contributed by atoms with van der Waals surface area (Å²) in [7, 11) is 1.37. The zero-order valence-electron chi connectivity index (χ0n) is 10.2.